The van der Waals surface area contributed by atoms with Gasteiger partial charge in [-0.15, -0.1) is 0 Å². The summed E-state index contributed by atoms with van der Waals surface area (Å²) in [6.45, 7) is 5.18. The Labute approximate surface area is 192 Å². The van der Waals surface area contributed by atoms with Gasteiger partial charge in [-0.05, 0) is 42.8 Å². The summed E-state index contributed by atoms with van der Waals surface area (Å²) in [7, 11) is 1.61. The Balaban J connectivity index is 1.53. The molecule has 0 aliphatic carbocycles. The molecule has 33 heavy (non-hydrogen) atoms. The molecule has 2 aromatic carbocycles. The van der Waals surface area contributed by atoms with Crippen molar-refractivity contribution >= 4 is 29.7 Å². The van der Waals surface area contributed by atoms with Crippen LogP contribution in [0.15, 0.2) is 53.6 Å². The van der Waals surface area contributed by atoms with Gasteiger partial charge in [0.15, 0.2) is 11.5 Å². The van der Waals surface area contributed by atoms with E-state index in [1.165, 1.54) is 0 Å². The number of nitrogens with zero attached hydrogens (tertiary/aromatic N) is 5. The van der Waals surface area contributed by atoms with Gasteiger partial charge in [0.2, 0.25) is 17.8 Å². The zero-order valence-corrected chi connectivity index (χ0v) is 18.7. The van der Waals surface area contributed by atoms with Crippen LogP contribution in [0.2, 0.25) is 0 Å². The third-order valence-electron chi connectivity index (χ3n) is 4.81. The molecule has 0 bridgehead atoms. The van der Waals surface area contributed by atoms with Crippen molar-refractivity contribution in [1.29, 1.82) is 0 Å². The number of hydrogen-bond acceptors (Lipinski definition) is 10. The fraction of sp³-hybridized carbons (Fsp3) is 0.304. The summed E-state index contributed by atoms with van der Waals surface area (Å²) in [6.07, 6.45) is 1.67. The van der Waals surface area contributed by atoms with E-state index in [9.17, 15) is 0 Å². The van der Waals surface area contributed by atoms with Crippen LogP contribution in [0.25, 0.3) is 0 Å². The summed E-state index contributed by atoms with van der Waals surface area (Å²) in [5.74, 6) is 2.66. The number of benzene rings is 2. The first-order valence-electron chi connectivity index (χ1n) is 10.8. The monoisotopic (exact) mass is 449 g/mol. The number of nitrogens with one attached hydrogen (secondary N) is 2. The number of methoxy groups -OCH3 is 1. The quantitative estimate of drug-likeness (QED) is 0.376. The average molecular weight is 450 g/mol. The van der Waals surface area contributed by atoms with Crippen LogP contribution >= 0.6 is 0 Å². The Morgan fingerprint density at radius 2 is 1.82 bits per heavy atom. The van der Waals surface area contributed by atoms with E-state index in [0.717, 1.165) is 11.3 Å². The van der Waals surface area contributed by atoms with Crippen molar-refractivity contribution in [1.82, 2.24) is 15.0 Å². The first kappa shape index (κ1) is 22.3. The number of para-hydroxylation sites is 1. The van der Waals surface area contributed by atoms with E-state index < -0.39 is 0 Å². The summed E-state index contributed by atoms with van der Waals surface area (Å²) in [4.78, 5) is 15.7. The van der Waals surface area contributed by atoms with Crippen LogP contribution in [0.3, 0.4) is 0 Å². The highest BCUT2D eigenvalue weighted by Gasteiger charge is 2.16. The van der Waals surface area contributed by atoms with E-state index in [-0.39, 0.29) is 0 Å². The lowest BCUT2D eigenvalue weighted by molar-refractivity contribution is 0.122. The lowest BCUT2D eigenvalue weighted by atomic mass is 10.2. The van der Waals surface area contributed by atoms with E-state index in [2.05, 4.69) is 35.7 Å². The zero-order valence-electron chi connectivity index (χ0n) is 18.7. The van der Waals surface area contributed by atoms with Gasteiger partial charge in [0, 0.05) is 18.8 Å². The minimum absolute atomic E-state index is 0.332. The summed E-state index contributed by atoms with van der Waals surface area (Å²) >= 11 is 0. The maximum absolute atomic E-state index is 5.56. The molecule has 1 fully saturated rings. The molecule has 0 spiro atoms. The number of morpholine rings is 1. The molecule has 1 aliphatic rings. The van der Waals surface area contributed by atoms with Crippen LogP contribution in [0.4, 0.5) is 23.5 Å². The van der Waals surface area contributed by atoms with Crippen LogP contribution in [-0.4, -0.2) is 61.2 Å². The third-order valence-corrected chi connectivity index (χ3v) is 4.81. The van der Waals surface area contributed by atoms with E-state index in [1.54, 1.807) is 13.3 Å². The standard InChI is InChI=1S/C23H27N7O3/c1-3-33-19-10-9-17(15-20(19)31-2)16-24-29-22-26-21(25-18-7-5-4-6-8-18)27-23(28-22)30-11-13-32-14-12-30/h4-10,15-16H,3,11-14H2,1-2H3,(H2,25,26,27,28,29)/b24-16-. The Hall–Kier alpha value is -3.92. The van der Waals surface area contributed by atoms with Gasteiger partial charge in [0.05, 0.1) is 33.1 Å². The molecule has 10 nitrogen and oxygen atoms in total. The van der Waals surface area contributed by atoms with E-state index in [0.29, 0.717) is 62.3 Å². The molecule has 1 aromatic heterocycles. The van der Waals surface area contributed by atoms with Gasteiger partial charge < -0.3 is 24.4 Å². The van der Waals surface area contributed by atoms with Crippen LogP contribution in [0, 0.1) is 0 Å². The highest BCUT2D eigenvalue weighted by molar-refractivity contribution is 5.81. The largest absolute Gasteiger partial charge is 0.493 e. The number of aromatic nitrogens is 3. The molecule has 2 heterocycles. The highest BCUT2D eigenvalue weighted by Crippen LogP contribution is 2.27. The lowest BCUT2D eigenvalue weighted by Crippen LogP contribution is -2.37. The Morgan fingerprint density at radius 3 is 2.58 bits per heavy atom. The first-order chi connectivity index (χ1) is 16.2. The fourth-order valence-corrected chi connectivity index (χ4v) is 3.23. The van der Waals surface area contributed by atoms with Crippen LogP contribution < -0.4 is 25.1 Å². The molecule has 3 aromatic rings. The molecule has 10 heteroatoms. The summed E-state index contributed by atoms with van der Waals surface area (Å²) in [5, 5.41) is 7.52. The van der Waals surface area contributed by atoms with E-state index >= 15 is 0 Å². The van der Waals surface area contributed by atoms with Gasteiger partial charge >= 0.3 is 0 Å². The van der Waals surface area contributed by atoms with Crippen LogP contribution in [0.1, 0.15) is 12.5 Å². The maximum Gasteiger partial charge on any atom is 0.250 e. The topological polar surface area (TPSA) is 106 Å². The van der Waals surface area contributed by atoms with Crippen molar-refractivity contribution in [2.75, 3.05) is 55.7 Å². The van der Waals surface area contributed by atoms with Crippen molar-refractivity contribution in [2.45, 2.75) is 6.92 Å². The van der Waals surface area contributed by atoms with Crippen molar-refractivity contribution in [3.63, 3.8) is 0 Å². The molecular weight excluding hydrogens is 422 g/mol. The molecule has 0 atom stereocenters. The van der Waals surface area contributed by atoms with Gasteiger partial charge in [0.25, 0.3) is 0 Å². The minimum Gasteiger partial charge on any atom is -0.493 e. The average Bonchev–Trinajstić information content (AvgIpc) is 2.86. The van der Waals surface area contributed by atoms with E-state index in [1.807, 2.05) is 55.5 Å². The molecule has 4 rings (SSSR count). The Kier molecular flexibility index (Phi) is 7.49. The predicted molar refractivity (Wildman–Crippen MR) is 128 cm³/mol. The second-order valence-corrected chi connectivity index (χ2v) is 7.09. The molecule has 0 radical (unpaired) electrons. The highest BCUT2D eigenvalue weighted by atomic mass is 16.5. The number of hydrazone groups is 1. The Morgan fingerprint density at radius 1 is 1.03 bits per heavy atom. The van der Waals surface area contributed by atoms with Crippen molar-refractivity contribution in [2.24, 2.45) is 5.10 Å². The van der Waals surface area contributed by atoms with Crippen LogP contribution in [0.5, 0.6) is 11.5 Å². The number of anilines is 4. The van der Waals surface area contributed by atoms with Gasteiger partial charge in [-0.1, -0.05) is 18.2 Å². The summed E-state index contributed by atoms with van der Waals surface area (Å²) in [5.41, 5.74) is 4.64. The SMILES string of the molecule is CCOc1ccc(/C=N\Nc2nc(Nc3ccccc3)nc(N3CCOCC3)n2)cc1OC. The second-order valence-electron chi connectivity index (χ2n) is 7.09. The third kappa shape index (κ3) is 6.07. The minimum atomic E-state index is 0.332. The summed E-state index contributed by atoms with van der Waals surface area (Å²) < 4.78 is 16.4. The van der Waals surface area contributed by atoms with E-state index in [4.69, 9.17) is 14.2 Å². The zero-order chi connectivity index (χ0) is 22.9. The van der Waals surface area contributed by atoms with Gasteiger partial charge in [0.1, 0.15) is 0 Å². The van der Waals surface area contributed by atoms with Crippen molar-refractivity contribution in [3.8, 4) is 11.5 Å². The molecule has 1 aliphatic heterocycles. The second kappa shape index (κ2) is 11.1. The Bertz CT molecular complexity index is 1070. The van der Waals surface area contributed by atoms with Gasteiger partial charge in [-0.2, -0.15) is 20.1 Å². The normalized spacial score (nSPS) is 13.7. The maximum atomic E-state index is 5.56. The van der Waals surface area contributed by atoms with Gasteiger partial charge in [-0.3, -0.25) is 0 Å². The smallest absolute Gasteiger partial charge is 0.250 e. The molecule has 0 amide bonds. The predicted octanol–water partition coefficient (Wildman–Crippen LogP) is 3.31. The molecule has 0 unspecified atom stereocenters. The molecular formula is C23H27N7O3. The molecule has 2 N–H and O–H groups in total. The van der Waals surface area contributed by atoms with Crippen molar-refractivity contribution < 1.29 is 14.2 Å². The van der Waals surface area contributed by atoms with Gasteiger partial charge in [-0.25, -0.2) is 5.43 Å². The molecule has 172 valence electrons. The summed E-state index contributed by atoms with van der Waals surface area (Å²) in [6, 6.07) is 15.3. The number of rotatable bonds is 9. The molecule has 0 saturated carbocycles. The first-order valence-corrected chi connectivity index (χ1v) is 10.8. The van der Waals surface area contributed by atoms with Crippen molar-refractivity contribution in [3.05, 3.63) is 54.1 Å². The fourth-order valence-electron chi connectivity index (χ4n) is 3.23. The molecule has 1 saturated heterocycles. The number of ether oxygens (including phenoxy) is 3. The lowest BCUT2D eigenvalue weighted by Gasteiger charge is -2.27. The number of hydrogen-bond donors (Lipinski definition) is 2. The van der Waals surface area contributed by atoms with Crippen LogP contribution in [-0.2, 0) is 4.74 Å².